The van der Waals surface area contributed by atoms with E-state index in [2.05, 4.69) is 26.0 Å². The zero-order valence-corrected chi connectivity index (χ0v) is 6.98. The molecule has 0 aliphatic heterocycles. The molecule has 0 aliphatic carbocycles. The number of nitrogen functional groups attached to an aromatic ring is 3. The predicted molar refractivity (Wildman–Crippen MR) is 47.1 cm³/mol. The lowest BCUT2D eigenvalue weighted by Crippen LogP contribution is -2.32. The summed E-state index contributed by atoms with van der Waals surface area (Å²) in [5.74, 6) is 14.4. The Morgan fingerprint density at radius 3 is 2.36 bits per heavy atom. The van der Waals surface area contributed by atoms with Crippen molar-refractivity contribution < 1.29 is 4.79 Å². The Kier molecular flexibility index (Phi) is 3.06. The van der Waals surface area contributed by atoms with E-state index >= 15 is 0 Å². The SMILES string of the molecule is NNC(=O)c1nnc(NN)nc1NN. The number of hydrogen-bond donors (Lipinski definition) is 6. The number of rotatable bonds is 3. The summed E-state index contributed by atoms with van der Waals surface area (Å²) in [6.45, 7) is 0. The van der Waals surface area contributed by atoms with E-state index in [4.69, 9.17) is 17.5 Å². The molecule has 0 spiro atoms. The van der Waals surface area contributed by atoms with Crippen LogP contribution < -0.4 is 33.8 Å². The highest BCUT2D eigenvalue weighted by Gasteiger charge is 2.14. The third-order valence-corrected chi connectivity index (χ3v) is 1.30. The van der Waals surface area contributed by atoms with Crippen LogP contribution in [0.5, 0.6) is 0 Å². The largest absolute Gasteiger partial charge is 0.306 e. The van der Waals surface area contributed by atoms with E-state index in [1.54, 1.807) is 0 Å². The molecule has 0 saturated carbocycles. The first-order valence-electron chi connectivity index (χ1n) is 3.41. The van der Waals surface area contributed by atoms with Crippen molar-refractivity contribution in [1.29, 1.82) is 0 Å². The van der Waals surface area contributed by atoms with E-state index in [1.165, 1.54) is 0 Å². The van der Waals surface area contributed by atoms with Crippen molar-refractivity contribution in [2.45, 2.75) is 0 Å². The average molecular weight is 199 g/mol. The van der Waals surface area contributed by atoms with Crippen molar-refractivity contribution in [3.05, 3.63) is 5.69 Å². The van der Waals surface area contributed by atoms with Crippen LogP contribution >= 0.6 is 0 Å². The van der Waals surface area contributed by atoms with E-state index in [0.717, 1.165) is 0 Å². The molecule has 1 rings (SSSR count). The number of anilines is 2. The number of amides is 1. The molecule has 10 nitrogen and oxygen atoms in total. The fourth-order valence-corrected chi connectivity index (χ4v) is 0.709. The molecule has 1 aromatic heterocycles. The second-order valence-corrected chi connectivity index (χ2v) is 2.09. The summed E-state index contributed by atoms with van der Waals surface area (Å²) >= 11 is 0. The Labute approximate surface area is 78.2 Å². The van der Waals surface area contributed by atoms with Crippen molar-refractivity contribution in [3.63, 3.8) is 0 Å². The van der Waals surface area contributed by atoms with Gasteiger partial charge in [0.05, 0.1) is 0 Å². The number of nitrogens with two attached hydrogens (primary N) is 3. The van der Waals surface area contributed by atoms with E-state index < -0.39 is 5.91 Å². The molecule has 1 heterocycles. The molecule has 0 bridgehead atoms. The molecule has 1 amide bonds. The number of carbonyl (C=O) groups is 1. The minimum absolute atomic E-state index is 0.0101. The minimum Gasteiger partial charge on any atom is -0.306 e. The van der Waals surface area contributed by atoms with Crippen LogP contribution in [0.15, 0.2) is 0 Å². The maximum Gasteiger partial charge on any atom is 0.289 e. The Morgan fingerprint density at radius 2 is 1.86 bits per heavy atom. The Balaban J connectivity index is 3.11. The summed E-state index contributed by atoms with van der Waals surface area (Å²) in [6.07, 6.45) is 0. The van der Waals surface area contributed by atoms with E-state index in [-0.39, 0.29) is 17.5 Å². The van der Waals surface area contributed by atoms with Crippen LogP contribution in [0.1, 0.15) is 10.5 Å². The van der Waals surface area contributed by atoms with Crippen LogP contribution in [-0.2, 0) is 0 Å². The van der Waals surface area contributed by atoms with E-state index in [9.17, 15) is 4.79 Å². The van der Waals surface area contributed by atoms with Crippen molar-refractivity contribution in [1.82, 2.24) is 20.6 Å². The van der Waals surface area contributed by atoms with Gasteiger partial charge in [-0.1, -0.05) is 0 Å². The number of nitrogens with zero attached hydrogens (tertiary/aromatic N) is 3. The molecular weight excluding hydrogens is 190 g/mol. The monoisotopic (exact) mass is 199 g/mol. The fraction of sp³-hybridized carbons (Fsp3) is 0. The van der Waals surface area contributed by atoms with Crippen LogP contribution in [0.25, 0.3) is 0 Å². The summed E-state index contributed by atoms with van der Waals surface area (Å²) in [6, 6.07) is 0. The highest BCUT2D eigenvalue weighted by atomic mass is 16.2. The van der Waals surface area contributed by atoms with Crippen LogP contribution in [-0.4, -0.2) is 21.1 Å². The van der Waals surface area contributed by atoms with Crippen LogP contribution in [0.3, 0.4) is 0 Å². The first-order valence-corrected chi connectivity index (χ1v) is 3.41. The smallest absolute Gasteiger partial charge is 0.289 e. The van der Waals surface area contributed by atoms with E-state index in [0.29, 0.717) is 0 Å². The van der Waals surface area contributed by atoms with Crippen molar-refractivity contribution in [2.24, 2.45) is 17.5 Å². The van der Waals surface area contributed by atoms with Gasteiger partial charge in [-0.05, 0) is 0 Å². The molecule has 0 atom stereocenters. The van der Waals surface area contributed by atoms with Gasteiger partial charge < -0.3 is 5.43 Å². The number of hydrazine groups is 3. The van der Waals surface area contributed by atoms with Gasteiger partial charge in [-0.15, -0.1) is 10.2 Å². The summed E-state index contributed by atoms with van der Waals surface area (Å²) < 4.78 is 0. The summed E-state index contributed by atoms with van der Waals surface area (Å²) in [4.78, 5) is 14.8. The molecular formula is C4H9N9O. The highest BCUT2D eigenvalue weighted by Crippen LogP contribution is 2.08. The van der Waals surface area contributed by atoms with Gasteiger partial charge in [-0.3, -0.25) is 15.6 Å². The van der Waals surface area contributed by atoms with Gasteiger partial charge in [0.15, 0.2) is 11.5 Å². The van der Waals surface area contributed by atoms with Gasteiger partial charge >= 0.3 is 0 Å². The average Bonchev–Trinajstić information content (AvgIpc) is 2.27. The van der Waals surface area contributed by atoms with Crippen LogP contribution in [0.2, 0.25) is 0 Å². The van der Waals surface area contributed by atoms with E-state index in [1.807, 2.05) is 5.43 Å². The Hall–Kier alpha value is -2.04. The van der Waals surface area contributed by atoms with Gasteiger partial charge in [0, 0.05) is 0 Å². The van der Waals surface area contributed by atoms with Gasteiger partial charge in [0.1, 0.15) is 0 Å². The Bertz CT molecular complexity index is 338. The zero-order chi connectivity index (χ0) is 10.6. The third kappa shape index (κ3) is 1.82. The standard InChI is InChI=1S/C4H9N9O/c5-9-2-1(3(14)10-6)12-13-4(8-2)11-7/h5-7H2,(H,10,14)(H2,8,9,11,13). The lowest BCUT2D eigenvalue weighted by atomic mass is 10.4. The first-order chi connectivity index (χ1) is 6.72. The fourth-order valence-electron chi connectivity index (χ4n) is 0.709. The molecule has 1 aromatic rings. The molecule has 10 heteroatoms. The molecule has 0 radical (unpaired) electrons. The lowest BCUT2D eigenvalue weighted by Gasteiger charge is -2.05. The molecule has 0 unspecified atom stereocenters. The van der Waals surface area contributed by atoms with Crippen molar-refractivity contribution in [3.8, 4) is 0 Å². The molecule has 0 aromatic carbocycles. The summed E-state index contributed by atoms with van der Waals surface area (Å²) in [7, 11) is 0. The van der Waals surface area contributed by atoms with Crippen LogP contribution in [0, 0.1) is 0 Å². The van der Waals surface area contributed by atoms with Gasteiger partial charge in [0.2, 0.25) is 0 Å². The molecule has 9 N–H and O–H groups in total. The number of hydrogen-bond acceptors (Lipinski definition) is 9. The predicted octanol–water partition coefficient (Wildman–Crippen LogP) is -2.95. The van der Waals surface area contributed by atoms with Gasteiger partial charge in [0.25, 0.3) is 11.9 Å². The summed E-state index contributed by atoms with van der Waals surface area (Å²) in [5.41, 5.74) is 6.04. The molecule has 76 valence electrons. The maximum atomic E-state index is 11.1. The topological polar surface area (TPSA) is 170 Å². The minimum atomic E-state index is -0.665. The molecule has 14 heavy (non-hydrogen) atoms. The lowest BCUT2D eigenvalue weighted by molar-refractivity contribution is 0.0948. The Morgan fingerprint density at radius 1 is 1.14 bits per heavy atom. The third-order valence-electron chi connectivity index (χ3n) is 1.30. The quantitative estimate of drug-likeness (QED) is 0.169. The van der Waals surface area contributed by atoms with Gasteiger partial charge in [-0.2, -0.15) is 4.98 Å². The highest BCUT2D eigenvalue weighted by molar-refractivity contribution is 5.96. The normalized spacial score (nSPS) is 9.36. The number of carbonyl (C=O) groups excluding carboxylic acids is 1. The molecule has 0 aliphatic rings. The number of aromatic nitrogens is 3. The second-order valence-electron chi connectivity index (χ2n) is 2.09. The van der Waals surface area contributed by atoms with Crippen molar-refractivity contribution >= 4 is 17.7 Å². The zero-order valence-electron chi connectivity index (χ0n) is 6.98. The first kappa shape index (κ1) is 10.0. The summed E-state index contributed by atoms with van der Waals surface area (Å²) in [5, 5.41) is 6.97. The number of nitrogens with one attached hydrogen (secondary N) is 3. The van der Waals surface area contributed by atoms with Gasteiger partial charge in [-0.25, -0.2) is 17.5 Å². The van der Waals surface area contributed by atoms with Crippen molar-refractivity contribution in [2.75, 3.05) is 10.9 Å². The molecule has 0 saturated heterocycles. The van der Waals surface area contributed by atoms with Crippen LogP contribution in [0.4, 0.5) is 11.8 Å². The molecule has 0 fully saturated rings. The second kappa shape index (κ2) is 4.27. The maximum absolute atomic E-state index is 11.1.